The van der Waals surface area contributed by atoms with E-state index in [9.17, 15) is 13.6 Å². The number of anilines is 1. The molecule has 0 atom stereocenters. The number of carbonyl (C=O) groups is 1. The standard InChI is InChI=1S/C21H23F2NO2S/c22-15-8-9-19(24-16-4-1-2-5-16)17(13-15)14-7-10-20(18(23)12-14)27-11-3-6-21(25)26/h7-10,12-13,16,24H,1-6,11H2,(H,25,26). The van der Waals surface area contributed by atoms with Gasteiger partial charge in [-0.1, -0.05) is 18.9 Å². The third-order valence-corrected chi connectivity index (χ3v) is 5.87. The van der Waals surface area contributed by atoms with Crippen LogP contribution in [0.2, 0.25) is 0 Å². The van der Waals surface area contributed by atoms with Crippen LogP contribution in [0, 0.1) is 11.6 Å². The van der Waals surface area contributed by atoms with E-state index in [0.29, 0.717) is 34.2 Å². The number of hydrogen-bond acceptors (Lipinski definition) is 3. The zero-order valence-electron chi connectivity index (χ0n) is 15.0. The van der Waals surface area contributed by atoms with Crippen molar-refractivity contribution < 1.29 is 18.7 Å². The van der Waals surface area contributed by atoms with Crippen molar-refractivity contribution in [1.29, 1.82) is 0 Å². The smallest absolute Gasteiger partial charge is 0.303 e. The summed E-state index contributed by atoms with van der Waals surface area (Å²) >= 11 is 1.30. The van der Waals surface area contributed by atoms with Crippen LogP contribution in [0.25, 0.3) is 11.1 Å². The minimum Gasteiger partial charge on any atom is -0.481 e. The van der Waals surface area contributed by atoms with Crippen LogP contribution in [0.15, 0.2) is 41.3 Å². The highest BCUT2D eigenvalue weighted by molar-refractivity contribution is 7.99. The topological polar surface area (TPSA) is 49.3 Å². The Labute approximate surface area is 162 Å². The molecule has 1 saturated carbocycles. The molecule has 0 radical (unpaired) electrons. The third kappa shape index (κ3) is 5.45. The number of aliphatic carboxylic acids is 1. The number of hydrogen-bond donors (Lipinski definition) is 2. The molecule has 1 fully saturated rings. The number of rotatable bonds is 8. The average molecular weight is 391 g/mol. The fraction of sp³-hybridized carbons (Fsp3) is 0.381. The summed E-state index contributed by atoms with van der Waals surface area (Å²) in [6.07, 6.45) is 5.13. The molecule has 0 aromatic heterocycles. The lowest BCUT2D eigenvalue weighted by atomic mass is 10.0. The minimum atomic E-state index is -0.847. The molecule has 0 bridgehead atoms. The molecule has 0 amide bonds. The quantitative estimate of drug-likeness (QED) is 0.432. The largest absolute Gasteiger partial charge is 0.481 e. The van der Waals surface area contributed by atoms with Gasteiger partial charge < -0.3 is 10.4 Å². The van der Waals surface area contributed by atoms with Gasteiger partial charge in [0.05, 0.1) is 0 Å². The van der Waals surface area contributed by atoms with Crippen LogP contribution in [0.5, 0.6) is 0 Å². The molecule has 0 saturated heterocycles. The second-order valence-electron chi connectivity index (χ2n) is 6.81. The predicted molar refractivity (Wildman–Crippen MR) is 105 cm³/mol. The van der Waals surface area contributed by atoms with Crippen molar-refractivity contribution in [3.05, 3.63) is 48.0 Å². The summed E-state index contributed by atoms with van der Waals surface area (Å²) in [4.78, 5) is 11.0. The van der Waals surface area contributed by atoms with E-state index in [1.807, 2.05) is 0 Å². The fourth-order valence-corrected chi connectivity index (χ4v) is 4.23. The van der Waals surface area contributed by atoms with Crippen LogP contribution < -0.4 is 5.32 Å². The molecule has 6 heteroatoms. The first kappa shape index (κ1) is 19.7. The van der Waals surface area contributed by atoms with Crippen molar-refractivity contribution in [3.8, 4) is 11.1 Å². The van der Waals surface area contributed by atoms with Gasteiger partial charge >= 0.3 is 5.97 Å². The van der Waals surface area contributed by atoms with Gasteiger partial charge in [-0.15, -0.1) is 11.8 Å². The number of thioether (sulfide) groups is 1. The third-order valence-electron chi connectivity index (χ3n) is 4.73. The molecule has 2 aromatic rings. The number of halogens is 2. The van der Waals surface area contributed by atoms with Crippen molar-refractivity contribution in [2.24, 2.45) is 0 Å². The first-order valence-corrected chi connectivity index (χ1v) is 10.2. The van der Waals surface area contributed by atoms with Crippen molar-refractivity contribution in [1.82, 2.24) is 0 Å². The van der Waals surface area contributed by atoms with Gasteiger partial charge in [-0.05, 0) is 60.9 Å². The Hall–Kier alpha value is -2.08. The van der Waals surface area contributed by atoms with Gasteiger partial charge in [0.2, 0.25) is 0 Å². The monoisotopic (exact) mass is 391 g/mol. The lowest BCUT2D eigenvalue weighted by Gasteiger charge is -2.18. The second kappa shape index (κ2) is 9.22. The van der Waals surface area contributed by atoms with E-state index in [4.69, 9.17) is 5.11 Å². The fourth-order valence-electron chi connectivity index (χ4n) is 3.36. The van der Waals surface area contributed by atoms with E-state index in [1.165, 1.54) is 42.8 Å². The van der Waals surface area contributed by atoms with Crippen LogP contribution in [-0.4, -0.2) is 22.9 Å². The molecule has 1 aliphatic carbocycles. The van der Waals surface area contributed by atoms with Gasteiger partial charge in [0, 0.05) is 28.6 Å². The molecule has 144 valence electrons. The maximum Gasteiger partial charge on any atom is 0.303 e. The van der Waals surface area contributed by atoms with Gasteiger partial charge in [-0.25, -0.2) is 8.78 Å². The molecule has 2 N–H and O–H groups in total. The summed E-state index contributed by atoms with van der Waals surface area (Å²) in [6, 6.07) is 9.85. The molecule has 0 aliphatic heterocycles. The van der Waals surface area contributed by atoms with E-state index < -0.39 is 5.97 Å². The highest BCUT2D eigenvalue weighted by Crippen LogP contribution is 2.34. The number of carboxylic acid groups (broad SMARTS) is 1. The summed E-state index contributed by atoms with van der Waals surface area (Å²) in [5.74, 6) is -1.03. The number of nitrogens with one attached hydrogen (secondary N) is 1. The summed E-state index contributed by atoms with van der Waals surface area (Å²) in [7, 11) is 0. The Morgan fingerprint density at radius 3 is 2.63 bits per heavy atom. The van der Waals surface area contributed by atoms with Crippen LogP contribution in [-0.2, 0) is 4.79 Å². The second-order valence-corrected chi connectivity index (χ2v) is 7.94. The number of carboxylic acids is 1. The maximum absolute atomic E-state index is 14.5. The lowest BCUT2D eigenvalue weighted by Crippen LogP contribution is -2.15. The lowest BCUT2D eigenvalue weighted by molar-refractivity contribution is -0.137. The highest BCUT2D eigenvalue weighted by Gasteiger charge is 2.17. The normalized spacial score (nSPS) is 14.4. The van der Waals surface area contributed by atoms with Gasteiger partial charge in [-0.3, -0.25) is 4.79 Å². The Bertz CT molecular complexity index is 807. The van der Waals surface area contributed by atoms with Crippen molar-refractivity contribution in [2.75, 3.05) is 11.1 Å². The predicted octanol–water partition coefficient (Wildman–Crippen LogP) is 5.94. The summed E-state index contributed by atoms with van der Waals surface area (Å²) < 4.78 is 28.3. The zero-order chi connectivity index (χ0) is 19.2. The molecule has 0 unspecified atom stereocenters. The molecule has 1 aliphatic rings. The molecule has 27 heavy (non-hydrogen) atoms. The van der Waals surface area contributed by atoms with Crippen molar-refractivity contribution >= 4 is 23.4 Å². The SMILES string of the molecule is O=C(O)CCCSc1ccc(-c2cc(F)ccc2NC2CCCC2)cc1F. The molecular formula is C21H23F2NO2S. The van der Waals surface area contributed by atoms with Gasteiger partial charge in [0.1, 0.15) is 11.6 Å². The Morgan fingerprint density at radius 1 is 1.15 bits per heavy atom. The van der Waals surface area contributed by atoms with Crippen LogP contribution in [0.4, 0.5) is 14.5 Å². The molecule has 0 spiro atoms. The first-order valence-electron chi connectivity index (χ1n) is 9.23. The summed E-state index contributed by atoms with van der Waals surface area (Å²) in [6.45, 7) is 0. The molecule has 2 aromatic carbocycles. The number of benzene rings is 2. The van der Waals surface area contributed by atoms with Crippen molar-refractivity contribution in [2.45, 2.75) is 49.5 Å². The Morgan fingerprint density at radius 2 is 1.93 bits per heavy atom. The average Bonchev–Trinajstić information content (AvgIpc) is 3.14. The van der Waals surface area contributed by atoms with E-state index in [2.05, 4.69) is 5.32 Å². The van der Waals surface area contributed by atoms with Crippen LogP contribution in [0.1, 0.15) is 38.5 Å². The molecular weight excluding hydrogens is 368 g/mol. The van der Waals surface area contributed by atoms with E-state index in [1.54, 1.807) is 18.2 Å². The van der Waals surface area contributed by atoms with Crippen LogP contribution in [0.3, 0.4) is 0 Å². The summed E-state index contributed by atoms with van der Waals surface area (Å²) in [5.41, 5.74) is 2.11. The summed E-state index contributed by atoms with van der Waals surface area (Å²) in [5, 5.41) is 12.1. The maximum atomic E-state index is 14.5. The van der Waals surface area contributed by atoms with Gasteiger partial charge in [-0.2, -0.15) is 0 Å². The first-order chi connectivity index (χ1) is 13.0. The van der Waals surface area contributed by atoms with E-state index in [0.717, 1.165) is 18.5 Å². The van der Waals surface area contributed by atoms with Gasteiger partial charge in [0.15, 0.2) is 0 Å². The Kier molecular flexibility index (Phi) is 6.72. The van der Waals surface area contributed by atoms with Crippen LogP contribution >= 0.6 is 11.8 Å². The highest BCUT2D eigenvalue weighted by atomic mass is 32.2. The molecule has 0 heterocycles. The van der Waals surface area contributed by atoms with Gasteiger partial charge in [0.25, 0.3) is 0 Å². The zero-order valence-corrected chi connectivity index (χ0v) is 15.8. The van der Waals surface area contributed by atoms with E-state index >= 15 is 0 Å². The molecule has 3 rings (SSSR count). The minimum absolute atomic E-state index is 0.0756. The van der Waals surface area contributed by atoms with E-state index in [-0.39, 0.29) is 18.1 Å². The van der Waals surface area contributed by atoms with Crippen molar-refractivity contribution in [3.63, 3.8) is 0 Å². The Balaban J connectivity index is 1.76. The molecule has 3 nitrogen and oxygen atoms in total.